The Morgan fingerprint density at radius 2 is 1.86 bits per heavy atom. The minimum atomic E-state index is 0.325. The van der Waals surface area contributed by atoms with Crippen molar-refractivity contribution >= 4 is 0 Å². The van der Waals surface area contributed by atoms with E-state index in [1.807, 2.05) is 11.7 Å². The summed E-state index contributed by atoms with van der Waals surface area (Å²) in [6.07, 6.45) is 1.00. The first-order valence-electron chi connectivity index (χ1n) is 7.73. The van der Waals surface area contributed by atoms with Gasteiger partial charge in [-0.15, -0.1) is 0 Å². The van der Waals surface area contributed by atoms with Crippen molar-refractivity contribution in [2.45, 2.75) is 47.1 Å². The first kappa shape index (κ1) is 15.8. The Labute approximate surface area is 128 Å². The molecule has 2 aromatic rings. The van der Waals surface area contributed by atoms with Crippen LogP contribution in [0.2, 0.25) is 0 Å². The highest BCUT2D eigenvalue weighted by Gasteiger charge is 2.19. The molecule has 0 saturated carbocycles. The van der Waals surface area contributed by atoms with Gasteiger partial charge in [0.1, 0.15) is 0 Å². The van der Waals surface area contributed by atoms with Gasteiger partial charge in [0.2, 0.25) is 0 Å². The molecule has 3 heteroatoms. The van der Waals surface area contributed by atoms with Gasteiger partial charge in [0.25, 0.3) is 0 Å². The summed E-state index contributed by atoms with van der Waals surface area (Å²) in [5, 5.41) is 8.19. The largest absolute Gasteiger partial charge is 0.310 e. The summed E-state index contributed by atoms with van der Waals surface area (Å²) in [6.45, 7) is 11.7. The van der Waals surface area contributed by atoms with Crippen LogP contribution in [-0.4, -0.2) is 16.3 Å². The predicted octanol–water partition coefficient (Wildman–Crippen LogP) is 3.55. The SMILES string of the molecule is CCNC(Cc1ccc(C)c(C)c1)c1c(C)nn(C)c1C. The molecule has 1 unspecified atom stereocenters. The lowest BCUT2D eigenvalue weighted by Crippen LogP contribution is -2.24. The lowest BCUT2D eigenvalue weighted by Gasteiger charge is -2.19. The van der Waals surface area contributed by atoms with E-state index in [9.17, 15) is 0 Å². The second-order valence-corrected chi connectivity index (χ2v) is 5.94. The van der Waals surface area contributed by atoms with Crippen molar-refractivity contribution in [3.63, 3.8) is 0 Å². The van der Waals surface area contributed by atoms with Gasteiger partial charge >= 0.3 is 0 Å². The molecule has 114 valence electrons. The fourth-order valence-electron chi connectivity index (χ4n) is 2.98. The summed E-state index contributed by atoms with van der Waals surface area (Å²) < 4.78 is 1.98. The molecule has 1 atom stereocenters. The van der Waals surface area contributed by atoms with Crippen LogP contribution in [0.15, 0.2) is 18.2 Å². The van der Waals surface area contributed by atoms with Gasteiger partial charge in [-0.05, 0) is 57.4 Å². The molecule has 1 N–H and O–H groups in total. The molecule has 1 aromatic heterocycles. The van der Waals surface area contributed by atoms with E-state index in [1.165, 1.54) is 27.9 Å². The third-order valence-corrected chi connectivity index (χ3v) is 4.38. The van der Waals surface area contributed by atoms with E-state index >= 15 is 0 Å². The van der Waals surface area contributed by atoms with Crippen molar-refractivity contribution in [3.8, 4) is 0 Å². The van der Waals surface area contributed by atoms with Crippen LogP contribution in [0.3, 0.4) is 0 Å². The topological polar surface area (TPSA) is 29.9 Å². The smallest absolute Gasteiger partial charge is 0.0644 e. The first-order chi connectivity index (χ1) is 9.93. The van der Waals surface area contributed by atoms with Crippen LogP contribution in [0.25, 0.3) is 0 Å². The number of nitrogens with zero attached hydrogens (tertiary/aromatic N) is 2. The van der Waals surface area contributed by atoms with E-state index in [-0.39, 0.29) is 0 Å². The number of hydrogen-bond donors (Lipinski definition) is 1. The molecule has 0 aliphatic rings. The zero-order valence-corrected chi connectivity index (χ0v) is 14.1. The van der Waals surface area contributed by atoms with Gasteiger partial charge in [-0.3, -0.25) is 4.68 Å². The van der Waals surface area contributed by atoms with Crippen LogP contribution in [-0.2, 0) is 13.5 Å². The molecule has 0 fully saturated rings. The molecule has 3 nitrogen and oxygen atoms in total. The van der Waals surface area contributed by atoms with E-state index in [2.05, 4.69) is 63.2 Å². The standard InChI is InChI=1S/C18H27N3/c1-7-19-17(18-14(4)20-21(6)15(18)5)11-16-9-8-12(2)13(3)10-16/h8-10,17,19H,7,11H2,1-6H3. The van der Waals surface area contributed by atoms with Crippen molar-refractivity contribution in [2.24, 2.45) is 7.05 Å². The summed E-state index contributed by atoms with van der Waals surface area (Å²) in [5.74, 6) is 0. The molecule has 0 aliphatic heterocycles. The Hall–Kier alpha value is -1.61. The zero-order chi connectivity index (χ0) is 15.6. The zero-order valence-electron chi connectivity index (χ0n) is 14.1. The van der Waals surface area contributed by atoms with E-state index < -0.39 is 0 Å². The molecule has 0 radical (unpaired) electrons. The van der Waals surface area contributed by atoms with Crippen molar-refractivity contribution in [2.75, 3.05) is 6.54 Å². The number of benzene rings is 1. The molecular weight excluding hydrogens is 258 g/mol. The van der Waals surface area contributed by atoms with E-state index in [0.717, 1.165) is 18.7 Å². The second-order valence-electron chi connectivity index (χ2n) is 5.94. The van der Waals surface area contributed by atoms with Crippen molar-refractivity contribution in [1.82, 2.24) is 15.1 Å². The van der Waals surface area contributed by atoms with Crippen LogP contribution in [0, 0.1) is 27.7 Å². The average molecular weight is 285 g/mol. The number of hydrogen-bond acceptors (Lipinski definition) is 2. The molecule has 0 amide bonds. The third kappa shape index (κ3) is 3.35. The Morgan fingerprint density at radius 3 is 2.38 bits per heavy atom. The highest BCUT2D eigenvalue weighted by atomic mass is 15.3. The van der Waals surface area contributed by atoms with E-state index in [4.69, 9.17) is 0 Å². The van der Waals surface area contributed by atoms with Crippen LogP contribution < -0.4 is 5.32 Å². The van der Waals surface area contributed by atoms with Gasteiger partial charge in [-0.25, -0.2) is 0 Å². The monoisotopic (exact) mass is 285 g/mol. The minimum Gasteiger partial charge on any atom is -0.310 e. The van der Waals surface area contributed by atoms with E-state index in [0.29, 0.717) is 6.04 Å². The van der Waals surface area contributed by atoms with Crippen molar-refractivity contribution in [1.29, 1.82) is 0 Å². The van der Waals surface area contributed by atoms with Crippen molar-refractivity contribution in [3.05, 3.63) is 51.8 Å². The van der Waals surface area contributed by atoms with Gasteiger partial charge in [-0.1, -0.05) is 25.1 Å². The first-order valence-corrected chi connectivity index (χ1v) is 7.73. The number of rotatable bonds is 5. The van der Waals surface area contributed by atoms with Crippen LogP contribution >= 0.6 is 0 Å². The second kappa shape index (κ2) is 6.44. The molecule has 0 bridgehead atoms. The van der Waals surface area contributed by atoms with Gasteiger partial charge in [0, 0.05) is 24.3 Å². The molecule has 0 spiro atoms. The average Bonchev–Trinajstić information content (AvgIpc) is 2.67. The lowest BCUT2D eigenvalue weighted by molar-refractivity contribution is 0.544. The molecular formula is C18H27N3. The normalized spacial score (nSPS) is 12.7. The summed E-state index contributed by atoms with van der Waals surface area (Å²) >= 11 is 0. The maximum Gasteiger partial charge on any atom is 0.0644 e. The van der Waals surface area contributed by atoms with E-state index in [1.54, 1.807) is 0 Å². The van der Waals surface area contributed by atoms with Crippen LogP contribution in [0.5, 0.6) is 0 Å². The number of likely N-dealkylation sites (N-methyl/N-ethyl adjacent to an activating group) is 1. The predicted molar refractivity (Wildman–Crippen MR) is 88.7 cm³/mol. The molecule has 1 aromatic carbocycles. The Bertz CT molecular complexity index is 626. The molecule has 0 saturated heterocycles. The third-order valence-electron chi connectivity index (χ3n) is 4.38. The van der Waals surface area contributed by atoms with Crippen LogP contribution in [0.1, 0.15) is 46.6 Å². The number of aryl methyl sites for hydroxylation is 4. The summed E-state index contributed by atoms with van der Waals surface area (Å²) in [7, 11) is 2.02. The molecule has 2 rings (SSSR count). The quantitative estimate of drug-likeness (QED) is 0.910. The fourth-order valence-corrected chi connectivity index (χ4v) is 2.98. The molecule has 1 heterocycles. The van der Waals surface area contributed by atoms with Gasteiger partial charge in [0.05, 0.1) is 5.69 Å². The fraction of sp³-hybridized carbons (Fsp3) is 0.500. The highest BCUT2D eigenvalue weighted by molar-refractivity contribution is 5.34. The van der Waals surface area contributed by atoms with Gasteiger partial charge in [0.15, 0.2) is 0 Å². The molecule has 0 aliphatic carbocycles. The summed E-state index contributed by atoms with van der Waals surface area (Å²) in [4.78, 5) is 0. The number of aromatic nitrogens is 2. The maximum atomic E-state index is 4.56. The Morgan fingerprint density at radius 1 is 1.14 bits per heavy atom. The Kier molecular flexibility index (Phi) is 4.84. The summed E-state index contributed by atoms with van der Waals surface area (Å²) in [5.41, 5.74) is 7.83. The summed E-state index contributed by atoms with van der Waals surface area (Å²) in [6, 6.07) is 7.09. The van der Waals surface area contributed by atoms with Crippen molar-refractivity contribution < 1.29 is 0 Å². The minimum absolute atomic E-state index is 0.325. The highest BCUT2D eigenvalue weighted by Crippen LogP contribution is 2.25. The molecule has 21 heavy (non-hydrogen) atoms. The number of nitrogens with one attached hydrogen (secondary N) is 1. The Balaban J connectivity index is 2.32. The lowest BCUT2D eigenvalue weighted by atomic mass is 9.95. The van der Waals surface area contributed by atoms with Gasteiger partial charge < -0.3 is 5.32 Å². The van der Waals surface area contributed by atoms with Gasteiger partial charge in [-0.2, -0.15) is 5.10 Å². The van der Waals surface area contributed by atoms with Crippen LogP contribution in [0.4, 0.5) is 0 Å². The maximum absolute atomic E-state index is 4.56.